The molecule has 2 unspecified atom stereocenters. The third-order valence-corrected chi connectivity index (χ3v) is 18.4. The number of hydrogen-bond donors (Lipinski definition) is 0. The summed E-state index contributed by atoms with van der Waals surface area (Å²) in [6, 6.07) is 69.7. The summed E-state index contributed by atoms with van der Waals surface area (Å²) in [6.07, 6.45) is 5.42. The minimum absolute atomic E-state index is 0.0168. The van der Waals surface area contributed by atoms with E-state index in [1.54, 1.807) is 5.19 Å². The number of fused-ring (bicyclic) bond motifs is 18. The van der Waals surface area contributed by atoms with Gasteiger partial charge in [-0.25, -0.2) is 4.57 Å². The van der Waals surface area contributed by atoms with Crippen molar-refractivity contribution < 1.29 is 13.6 Å². The summed E-state index contributed by atoms with van der Waals surface area (Å²) in [6.45, 7) is 18.2. The van der Waals surface area contributed by atoms with Crippen molar-refractivity contribution in [2.24, 2.45) is 5.92 Å². The molecule has 14 rings (SSSR count). The summed E-state index contributed by atoms with van der Waals surface area (Å²) < 4.78 is 17.4. The Morgan fingerprint density at radius 1 is 0.635 bits per heavy atom. The molecule has 4 aromatic heterocycles. The SMILES string of the molecule is C=C1C[n+]2c(n(-c3ccc(-c4ccccc4)cc3)c3ccccc32)-c2c(ccc3c2oc2ccccc23)CCC2c3cc4c(cc3-c3cc(CC(C)C)c([Si](C)(C)C)c[n+]3C12)c1ccccc1n4-c1ccccc1. The van der Waals surface area contributed by atoms with Gasteiger partial charge in [-0.2, -0.15) is 9.13 Å². The van der Waals surface area contributed by atoms with Crippen LogP contribution in [0.4, 0.5) is 0 Å². The molecule has 6 heterocycles. The van der Waals surface area contributed by atoms with Crippen LogP contribution in [-0.2, 0) is 19.4 Å². The number of furan rings is 1. The number of aryl methyl sites for hydroxylation is 1. The van der Waals surface area contributed by atoms with Gasteiger partial charge in [0.15, 0.2) is 28.9 Å². The van der Waals surface area contributed by atoms with Crippen LogP contribution < -0.4 is 14.3 Å². The molecule has 0 radical (unpaired) electrons. The van der Waals surface area contributed by atoms with Crippen molar-refractivity contribution in [2.45, 2.75) is 71.3 Å². The highest BCUT2D eigenvalue weighted by Crippen LogP contribution is 2.49. The number of imidazole rings is 1. The number of nitrogens with zero attached hydrogens (tertiary/aromatic N) is 4. The largest absolute Gasteiger partial charge is 0.455 e. The lowest BCUT2D eigenvalue weighted by Crippen LogP contribution is -2.55. The van der Waals surface area contributed by atoms with Crippen molar-refractivity contribution in [3.63, 3.8) is 0 Å². The number of hydrogen-bond acceptors (Lipinski definition) is 1. The van der Waals surface area contributed by atoms with Crippen LogP contribution in [0.3, 0.4) is 0 Å². The van der Waals surface area contributed by atoms with Crippen molar-refractivity contribution in [3.8, 4) is 45.1 Å². The maximum Gasteiger partial charge on any atom is 0.299 e. The Bertz CT molecular complexity index is 4230. The maximum absolute atomic E-state index is 7.14. The molecule has 74 heavy (non-hydrogen) atoms. The third kappa shape index (κ3) is 6.95. The van der Waals surface area contributed by atoms with Crippen molar-refractivity contribution in [2.75, 3.05) is 0 Å². The van der Waals surface area contributed by atoms with Crippen molar-refractivity contribution in [1.82, 2.24) is 9.13 Å². The van der Waals surface area contributed by atoms with Gasteiger partial charge in [0.05, 0.1) is 30.6 Å². The van der Waals surface area contributed by atoms with E-state index < -0.39 is 8.07 Å². The van der Waals surface area contributed by atoms with E-state index in [1.165, 1.54) is 72.1 Å². The molecule has 360 valence electrons. The lowest BCUT2D eigenvalue weighted by Gasteiger charge is -2.34. The summed E-state index contributed by atoms with van der Waals surface area (Å²) in [7, 11) is -1.84. The molecule has 2 atom stereocenters. The van der Waals surface area contributed by atoms with Gasteiger partial charge in [0, 0.05) is 44.1 Å². The van der Waals surface area contributed by atoms with Gasteiger partial charge in [-0.1, -0.05) is 161 Å². The average molecular weight is 977 g/mol. The Balaban J connectivity index is 1.06. The third-order valence-electron chi connectivity index (χ3n) is 16.3. The van der Waals surface area contributed by atoms with Gasteiger partial charge in [0.1, 0.15) is 23.4 Å². The van der Waals surface area contributed by atoms with Crippen LogP contribution in [0, 0.1) is 5.92 Å². The fourth-order valence-electron chi connectivity index (χ4n) is 13.1. The molecule has 0 amide bonds. The van der Waals surface area contributed by atoms with E-state index in [4.69, 9.17) is 11.0 Å². The normalized spacial score (nSPS) is 15.7. The highest BCUT2D eigenvalue weighted by atomic mass is 28.3. The van der Waals surface area contributed by atoms with E-state index in [0.29, 0.717) is 12.5 Å². The molecule has 0 saturated carbocycles. The molecule has 2 aliphatic rings. The molecule has 0 fully saturated rings. The molecule has 6 heteroatoms. The second kappa shape index (κ2) is 17.0. The van der Waals surface area contributed by atoms with E-state index in [0.717, 1.165) is 69.3 Å². The molecule has 2 aliphatic heterocycles. The number of benzene rings is 8. The maximum atomic E-state index is 7.14. The molecular weight excluding hydrogens is 917 g/mol. The Labute approximate surface area is 433 Å². The summed E-state index contributed by atoms with van der Waals surface area (Å²) >= 11 is 0. The molecular formula is C68H60N4OSi+2. The first-order valence-electron chi connectivity index (χ1n) is 26.6. The summed E-state index contributed by atoms with van der Waals surface area (Å²) in [4.78, 5) is 0. The van der Waals surface area contributed by atoms with Crippen LogP contribution >= 0.6 is 0 Å². The number of pyridine rings is 1. The highest BCUT2D eigenvalue weighted by molar-refractivity contribution is 6.89. The van der Waals surface area contributed by atoms with Crippen LogP contribution in [0.15, 0.2) is 211 Å². The lowest BCUT2D eigenvalue weighted by atomic mass is 9.76. The van der Waals surface area contributed by atoms with E-state index in [2.05, 4.69) is 246 Å². The van der Waals surface area contributed by atoms with Gasteiger partial charge < -0.3 is 8.98 Å². The predicted octanol–water partition coefficient (Wildman–Crippen LogP) is 15.8. The first-order valence-corrected chi connectivity index (χ1v) is 30.1. The van der Waals surface area contributed by atoms with Crippen LogP contribution in [0.25, 0.3) is 99.9 Å². The van der Waals surface area contributed by atoms with Crippen molar-refractivity contribution in [3.05, 3.63) is 223 Å². The van der Waals surface area contributed by atoms with Crippen LogP contribution in [0.5, 0.6) is 0 Å². The van der Waals surface area contributed by atoms with Gasteiger partial charge in [-0.05, 0) is 114 Å². The molecule has 5 nitrogen and oxygen atoms in total. The van der Waals surface area contributed by atoms with Crippen LogP contribution in [0.1, 0.15) is 48.9 Å². The number of rotatable bonds is 6. The predicted molar refractivity (Wildman–Crippen MR) is 309 cm³/mol. The Morgan fingerprint density at radius 3 is 2.08 bits per heavy atom. The molecule has 0 N–H and O–H groups in total. The first-order chi connectivity index (χ1) is 36.1. The number of aromatic nitrogens is 4. The topological polar surface area (TPSA) is 30.8 Å². The second-order valence-corrected chi connectivity index (χ2v) is 27.5. The lowest BCUT2D eigenvalue weighted by molar-refractivity contribution is -0.718. The molecule has 0 bridgehead atoms. The van der Waals surface area contributed by atoms with Crippen LogP contribution in [0.2, 0.25) is 19.6 Å². The molecule has 0 aliphatic carbocycles. The van der Waals surface area contributed by atoms with Crippen LogP contribution in [-0.4, -0.2) is 17.2 Å². The van der Waals surface area contributed by atoms with Gasteiger partial charge in [0.2, 0.25) is 5.69 Å². The smallest absolute Gasteiger partial charge is 0.299 e. The number of para-hydroxylation sites is 5. The van der Waals surface area contributed by atoms with Crippen molar-refractivity contribution in [1.29, 1.82) is 0 Å². The van der Waals surface area contributed by atoms with Gasteiger partial charge in [0.25, 0.3) is 5.82 Å². The minimum Gasteiger partial charge on any atom is -0.455 e. The number of allylic oxidation sites excluding steroid dienone is 1. The zero-order valence-electron chi connectivity index (χ0n) is 42.9. The monoisotopic (exact) mass is 976 g/mol. The van der Waals surface area contributed by atoms with E-state index >= 15 is 0 Å². The molecule has 0 spiro atoms. The zero-order valence-corrected chi connectivity index (χ0v) is 43.9. The average Bonchev–Trinajstić information content (AvgIpc) is 4.11. The second-order valence-electron chi connectivity index (χ2n) is 22.5. The van der Waals surface area contributed by atoms with E-state index in [-0.39, 0.29) is 12.0 Å². The van der Waals surface area contributed by atoms with Gasteiger partial charge in [-0.3, -0.25) is 0 Å². The van der Waals surface area contributed by atoms with E-state index in [9.17, 15) is 0 Å². The fraction of sp³-hybridized carbons (Fsp3) is 0.176. The van der Waals surface area contributed by atoms with Gasteiger partial charge in [-0.15, -0.1) is 0 Å². The molecule has 0 saturated heterocycles. The molecule has 8 aromatic carbocycles. The standard InChI is InChI=1S/C68H60N4OSi/c1-43(2)37-48-38-61-57-39-56-51-23-13-15-25-58(51)71(49-21-11-8-12-22-49)62(56)40-55(57)53-35-31-47-32-36-54-52-24-14-18-28-63(52)73-67(54)65(47)68-70(41-44(3)66(53)69(61)42-64(48)74(4,5)6)59-26-16-17-27-60(59)72(68)50-33-29-46(30-34-50)45-19-9-7-10-20-45/h7-30,32-34,36,38-40,42-43,53,66H,3,31,35,37,41H2,1-2,4-6H3/q+2. The summed E-state index contributed by atoms with van der Waals surface area (Å²) in [5.74, 6) is 1.76. The first kappa shape index (κ1) is 44.6. The molecule has 12 aromatic rings. The Hall–Kier alpha value is -8.06. The van der Waals surface area contributed by atoms with Crippen molar-refractivity contribution >= 4 is 68.0 Å². The van der Waals surface area contributed by atoms with E-state index in [1.807, 2.05) is 0 Å². The summed E-state index contributed by atoms with van der Waals surface area (Å²) in [5, 5.41) is 6.38. The highest BCUT2D eigenvalue weighted by Gasteiger charge is 2.46. The fourth-order valence-corrected chi connectivity index (χ4v) is 14.8. The Kier molecular flexibility index (Phi) is 10.3. The minimum atomic E-state index is -1.84. The van der Waals surface area contributed by atoms with Gasteiger partial charge >= 0.3 is 0 Å². The quantitative estimate of drug-likeness (QED) is 0.0928. The zero-order chi connectivity index (χ0) is 50.0. The Morgan fingerprint density at radius 2 is 1.31 bits per heavy atom. The summed E-state index contributed by atoms with van der Waals surface area (Å²) in [5.41, 5.74) is 20.5.